The number of hydrogen-bond acceptors (Lipinski definition) is 10. The summed E-state index contributed by atoms with van der Waals surface area (Å²) >= 11 is 6.08. The molecule has 172 valence electrons. The molecule has 2 fully saturated rings. The van der Waals surface area contributed by atoms with E-state index in [1.807, 2.05) is 0 Å². The molecule has 1 aliphatic carbocycles. The second-order valence-corrected chi connectivity index (χ2v) is 9.99. The Bertz CT molecular complexity index is 983. The van der Waals surface area contributed by atoms with Gasteiger partial charge in [0.15, 0.2) is 23.2 Å². The molecule has 0 radical (unpaired) electrons. The Morgan fingerprint density at radius 1 is 1.23 bits per heavy atom. The van der Waals surface area contributed by atoms with Gasteiger partial charge in [0.25, 0.3) is 0 Å². The van der Waals surface area contributed by atoms with Crippen LogP contribution < -0.4 is 5.32 Å². The van der Waals surface area contributed by atoms with Gasteiger partial charge in [-0.2, -0.15) is 14.6 Å². The highest BCUT2D eigenvalue weighted by Gasteiger charge is 2.46. The zero-order chi connectivity index (χ0) is 22.3. The van der Waals surface area contributed by atoms with Crippen LogP contribution >= 0.6 is 19.2 Å². The van der Waals surface area contributed by atoms with Gasteiger partial charge in [-0.25, -0.2) is 0 Å². The maximum atomic E-state index is 11.1. The summed E-state index contributed by atoms with van der Waals surface area (Å²) in [5, 5.41) is 42.0. The lowest BCUT2D eigenvalue weighted by Gasteiger charge is -2.18. The van der Waals surface area contributed by atoms with Gasteiger partial charge >= 0.3 is 7.60 Å². The van der Waals surface area contributed by atoms with E-state index in [1.54, 1.807) is 0 Å². The van der Waals surface area contributed by atoms with Gasteiger partial charge in [-0.15, -0.1) is 5.10 Å². The molecule has 5 atom stereocenters. The number of nitrogens with one attached hydrogen (secondary N) is 1. The first-order valence-electron chi connectivity index (χ1n) is 9.91. The molecule has 1 aliphatic heterocycles. The third-order valence-corrected chi connectivity index (χ3v) is 6.59. The molecule has 31 heavy (non-hydrogen) atoms. The summed E-state index contributed by atoms with van der Waals surface area (Å²) in [6, 6.07) is 0.231. The minimum atomic E-state index is -4.45. The lowest BCUT2D eigenvalue weighted by molar-refractivity contribution is -0.0538. The van der Waals surface area contributed by atoms with E-state index in [1.165, 1.54) is 4.68 Å². The Morgan fingerprint density at radius 2 is 1.94 bits per heavy atom. The lowest BCUT2D eigenvalue weighted by Crippen LogP contribution is -2.34. The SMILES string of the molecule is O=P(O)(O)CC(O)C[C@H]1O[C@@H](n2nnc3c(NC4CCCC4)nc(Cl)nc32)[C@H](O)[C@@H]1O. The summed E-state index contributed by atoms with van der Waals surface area (Å²) < 4.78 is 17.9. The molecule has 15 heteroatoms. The number of rotatable bonds is 7. The summed E-state index contributed by atoms with van der Waals surface area (Å²) in [5.41, 5.74) is 0.514. The topological polar surface area (TPSA) is 196 Å². The summed E-state index contributed by atoms with van der Waals surface area (Å²) in [4.78, 5) is 26.3. The van der Waals surface area contributed by atoms with Crippen LogP contribution in [0.25, 0.3) is 11.2 Å². The molecule has 1 saturated heterocycles. The van der Waals surface area contributed by atoms with Crippen LogP contribution in [0.15, 0.2) is 0 Å². The molecule has 6 N–H and O–H groups in total. The molecular formula is C16H24ClN6O7P. The maximum Gasteiger partial charge on any atom is 0.328 e. The number of nitrogens with zero attached hydrogens (tertiary/aromatic N) is 5. The Kier molecular flexibility index (Phi) is 6.48. The highest BCUT2D eigenvalue weighted by molar-refractivity contribution is 7.51. The summed E-state index contributed by atoms with van der Waals surface area (Å²) in [6.45, 7) is 0. The molecular weight excluding hydrogens is 455 g/mol. The monoisotopic (exact) mass is 478 g/mol. The van der Waals surface area contributed by atoms with Crippen LogP contribution in [0.5, 0.6) is 0 Å². The number of ether oxygens (including phenoxy) is 1. The third kappa shape index (κ3) is 4.99. The van der Waals surface area contributed by atoms with Gasteiger partial charge in [0.2, 0.25) is 5.28 Å². The van der Waals surface area contributed by atoms with Crippen molar-refractivity contribution >= 4 is 36.2 Å². The summed E-state index contributed by atoms with van der Waals surface area (Å²) in [7, 11) is -4.45. The number of hydrogen-bond donors (Lipinski definition) is 6. The Morgan fingerprint density at radius 3 is 2.61 bits per heavy atom. The molecule has 13 nitrogen and oxygen atoms in total. The van der Waals surface area contributed by atoms with Gasteiger partial charge in [-0.05, 0) is 24.4 Å². The number of halogens is 1. The number of aromatic nitrogens is 5. The molecule has 4 rings (SSSR count). The normalized spacial score (nSPS) is 28.5. The quantitative estimate of drug-likeness (QED) is 0.226. The van der Waals surface area contributed by atoms with Gasteiger partial charge in [0.1, 0.15) is 12.2 Å². The predicted molar refractivity (Wildman–Crippen MR) is 107 cm³/mol. The smallest absolute Gasteiger partial charge is 0.328 e. The molecule has 2 aromatic rings. The number of aliphatic hydroxyl groups excluding tert-OH is 3. The van der Waals surface area contributed by atoms with E-state index >= 15 is 0 Å². The first kappa shape index (κ1) is 22.7. The highest BCUT2D eigenvalue weighted by atomic mass is 35.5. The van der Waals surface area contributed by atoms with Crippen molar-refractivity contribution in [3.63, 3.8) is 0 Å². The number of anilines is 1. The lowest BCUT2D eigenvalue weighted by atomic mass is 10.1. The van der Waals surface area contributed by atoms with Crippen LogP contribution in [0, 0.1) is 0 Å². The first-order valence-corrected chi connectivity index (χ1v) is 12.1. The fraction of sp³-hybridized carbons (Fsp3) is 0.750. The molecule has 1 unspecified atom stereocenters. The summed E-state index contributed by atoms with van der Waals surface area (Å²) in [5.74, 6) is 0.412. The Labute approximate surface area is 181 Å². The second kappa shape index (κ2) is 8.83. The van der Waals surface area contributed by atoms with Gasteiger partial charge in [0, 0.05) is 12.5 Å². The molecule has 0 amide bonds. The van der Waals surface area contributed by atoms with Crippen molar-refractivity contribution in [2.24, 2.45) is 0 Å². The minimum absolute atomic E-state index is 0.0572. The van der Waals surface area contributed by atoms with Crippen LogP contribution in [-0.4, -0.2) is 86.7 Å². The van der Waals surface area contributed by atoms with Gasteiger partial charge in [0.05, 0.1) is 18.4 Å². The van der Waals surface area contributed by atoms with Gasteiger partial charge in [-0.1, -0.05) is 18.1 Å². The van der Waals surface area contributed by atoms with Crippen LogP contribution in [0.4, 0.5) is 5.82 Å². The zero-order valence-electron chi connectivity index (χ0n) is 16.3. The molecule has 2 aliphatic rings. The second-order valence-electron chi connectivity index (χ2n) is 7.96. The zero-order valence-corrected chi connectivity index (χ0v) is 18.0. The molecule has 0 bridgehead atoms. The van der Waals surface area contributed by atoms with E-state index in [-0.39, 0.29) is 23.4 Å². The van der Waals surface area contributed by atoms with E-state index in [4.69, 9.17) is 26.1 Å². The standard InChI is InChI=1S/C16H24ClN6O7P/c17-16-19-13(18-7-3-1-2-4-7)10-14(20-16)23(22-21-10)15-12(26)11(25)9(30-15)5-8(24)6-31(27,28)29/h7-9,11-12,15,24-26H,1-6H2,(H,18,19,20)(H2,27,28,29)/t8?,9-,11-,12-,15-/m1/s1. The third-order valence-electron chi connectivity index (χ3n) is 5.52. The van der Waals surface area contributed by atoms with E-state index in [2.05, 4.69) is 25.6 Å². The average Bonchev–Trinajstić information content (AvgIpc) is 3.37. The highest BCUT2D eigenvalue weighted by Crippen LogP contribution is 2.38. The van der Waals surface area contributed by atoms with Crippen LogP contribution in [0.2, 0.25) is 5.28 Å². The van der Waals surface area contributed by atoms with Crippen molar-refractivity contribution in [3.05, 3.63) is 5.28 Å². The fourth-order valence-corrected chi connectivity index (χ4v) is 4.95. The van der Waals surface area contributed by atoms with E-state index in [0.29, 0.717) is 11.3 Å². The first-order chi connectivity index (χ1) is 14.6. The van der Waals surface area contributed by atoms with Crippen LogP contribution in [-0.2, 0) is 9.30 Å². The maximum absolute atomic E-state index is 11.1. The van der Waals surface area contributed by atoms with Crippen LogP contribution in [0.3, 0.4) is 0 Å². The molecule has 1 saturated carbocycles. The molecule has 3 heterocycles. The van der Waals surface area contributed by atoms with Crippen molar-refractivity contribution in [1.29, 1.82) is 0 Å². The molecule has 2 aromatic heterocycles. The summed E-state index contributed by atoms with van der Waals surface area (Å²) in [6.07, 6.45) is -3.46. The van der Waals surface area contributed by atoms with Crippen molar-refractivity contribution in [2.45, 2.75) is 68.8 Å². The van der Waals surface area contributed by atoms with Gasteiger partial charge in [-0.3, -0.25) is 4.57 Å². The largest absolute Gasteiger partial charge is 0.392 e. The fourth-order valence-electron chi connectivity index (χ4n) is 4.08. The average molecular weight is 479 g/mol. The number of aliphatic hydroxyl groups is 3. The van der Waals surface area contributed by atoms with Crippen molar-refractivity contribution in [3.8, 4) is 0 Å². The minimum Gasteiger partial charge on any atom is -0.392 e. The van der Waals surface area contributed by atoms with Gasteiger partial charge < -0.3 is 35.2 Å². The molecule has 0 spiro atoms. The van der Waals surface area contributed by atoms with E-state index in [0.717, 1.165) is 25.7 Å². The van der Waals surface area contributed by atoms with Crippen LogP contribution in [0.1, 0.15) is 38.3 Å². The van der Waals surface area contributed by atoms with E-state index in [9.17, 15) is 19.9 Å². The number of fused-ring (bicyclic) bond motifs is 1. The molecule has 0 aromatic carbocycles. The van der Waals surface area contributed by atoms with Crippen molar-refractivity contribution < 1.29 is 34.4 Å². The van der Waals surface area contributed by atoms with Crippen molar-refractivity contribution in [1.82, 2.24) is 25.0 Å². The van der Waals surface area contributed by atoms with E-state index < -0.39 is 44.4 Å². The Hall–Kier alpha value is -1.44. The predicted octanol–water partition coefficient (Wildman–Crippen LogP) is -0.223. The van der Waals surface area contributed by atoms with Crippen molar-refractivity contribution in [2.75, 3.05) is 11.5 Å². The Balaban J connectivity index is 1.56.